The standard InChI is InChI=1S/C36H48FNO/c1-21(2)24-16-30(22(3)4)33(31(17-24)23(5)6)38-20-27-13-25(18-32(37)34(27)39)26-14-28(35(7,8)9)19-29(15-26)36(10,11)12/h13-23,39H,1-12H3. The van der Waals surface area contributed by atoms with E-state index in [1.54, 1.807) is 6.21 Å². The van der Waals surface area contributed by atoms with E-state index in [-0.39, 0.29) is 28.4 Å². The zero-order chi connectivity index (χ0) is 29.4. The lowest BCUT2D eigenvalue weighted by atomic mass is 9.79. The van der Waals surface area contributed by atoms with Crippen LogP contribution in [-0.2, 0) is 10.8 Å². The maximum absolute atomic E-state index is 15.2. The molecule has 0 fully saturated rings. The van der Waals surface area contributed by atoms with Crippen molar-refractivity contribution in [1.82, 2.24) is 0 Å². The Hall–Kier alpha value is -2.94. The van der Waals surface area contributed by atoms with Gasteiger partial charge in [-0.1, -0.05) is 113 Å². The van der Waals surface area contributed by atoms with Crippen molar-refractivity contribution < 1.29 is 9.50 Å². The van der Waals surface area contributed by atoms with Crippen LogP contribution in [0.5, 0.6) is 5.75 Å². The second-order valence-corrected chi connectivity index (χ2v) is 14.0. The fraction of sp³-hybridized carbons (Fsp3) is 0.472. The minimum absolute atomic E-state index is 0.0571. The number of aromatic hydroxyl groups is 1. The van der Waals surface area contributed by atoms with Crippen LogP contribution in [0.15, 0.2) is 47.5 Å². The van der Waals surface area contributed by atoms with Crippen molar-refractivity contribution in [2.45, 2.75) is 112 Å². The molecule has 0 unspecified atom stereocenters. The van der Waals surface area contributed by atoms with Crippen LogP contribution in [0.25, 0.3) is 11.1 Å². The predicted molar refractivity (Wildman–Crippen MR) is 167 cm³/mol. The second-order valence-electron chi connectivity index (χ2n) is 14.0. The normalized spacial score (nSPS) is 12.9. The fourth-order valence-corrected chi connectivity index (χ4v) is 4.75. The van der Waals surface area contributed by atoms with Gasteiger partial charge in [-0.3, -0.25) is 4.99 Å². The van der Waals surface area contributed by atoms with Gasteiger partial charge in [0.1, 0.15) is 0 Å². The number of benzene rings is 3. The SMILES string of the molecule is CC(C)c1cc(C(C)C)c(N=Cc2cc(-c3cc(C(C)(C)C)cc(C(C)(C)C)c3)cc(F)c2O)c(C(C)C)c1. The van der Waals surface area contributed by atoms with E-state index in [0.29, 0.717) is 11.5 Å². The summed E-state index contributed by atoms with van der Waals surface area (Å²) in [6.45, 7) is 26.3. The highest BCUT2D eigenvalue weighted by molar-refractivity contribution is 5.89. The summed E-state index contributed by atoms with van der Waals surface area (Å²) in [6, 6.07) is 14.3. The molecule has 0 saturated carbocycles. The number of hydrogen-bond donors (Lipinski definition) is 1. The molecule has 3 rings (SSSR count). The van der Waals surface area contributed by atoms with Gasteiger partial charge in [0, 0.05) is 11.8 Å². The molecule has 0 aromatic heterocycles. The van der Waals surface area contributed by atoms with Crippen molar-refractivity contribution in [2.75, 3.05) is 0 Å². The summed E-state index contributed by atoms with van der Waals surface area (Å²) in [5.41, 5.74) is 8.88. The molecule has 0 spiro atoms. The highest BCUT2D eigenvalue weighted by atomic mass is 19.1. The van der Waals surface area contributed by atoms with E-state index < -0.39 is 5.82 Å². The molecule has 0 atom stereocenters. The van der Waals surface area contributed by atoms with Gasteiger partial charge in [0.2, 0.25) is 0 Å². The lowest BCUT2D eigenvalue weighted by Gasteiger charge is -2.26. The van der Waals surface area contributed by atoms with E-state index in [2.05, 4.69) is 113 Å². The molecule has 3 aromatic carbocycles. The highest BCUT2D eigenvalue weighted by Gasteiger charge is 2.22. The summed E-state index contributed by atoms with van der Waals surface area (Å²) < 4.78 is 15.2. The van der Waals surface area contributed by atoms with Gasteiger partial charge < -0.3 is 5.11 Å². The first kappa shape index (κ1) is 30.6. The number of phenolic OH excluding ortho intramolecular Hbond substituents is 1. The van der Waals surface area contributed by atoms with Crippen LogP contribution in [0, 0.1) is 5.82 Å². The molecule has 0 heterocycles. The van der Waals surface area contributed by atoms with E-state index in [0.717, 1.165) is 16.8 Å². The van der Waals surface area contributed by atoms with Gasteiger partial charge in [0.25, 0.3) is 0 Å². The third-order valence-electron chi connectivity index (χ3n) is 7.53. The molecule has 0 bridgehead atoms. The minimum Gasteiger partial charge on any atom is -0.504 e. The third kappa shape index (κ3) is 6.99. The average molecular weight is 530 g/mol. The highest BCUT2D eigenvalue weighted by Crippen LogP contribution is 2.39. The van der Waals surface area contributed by atoms with Gasteiger partial charge in [-0.05, 0) is 79.7 Å². The van der Waals surface area contributed by atoms with Crippen LogP contribution in [0.4, 0.5) is 10.1 Å². The minimum atomic E-state index is -0.643. The molecule has 0 amide bonds. The van der Waals surface area contributed by atoms with Gasteiger partial charge in [0.05, 0.1) is 5.69 Å². The van der Waals surface area contributed by atoms with Crippen molar-refractivity contribution in [3.63, 3.8) is 0 Å². The second kappa shape index (κ2) is 11.3. The summed E-state index contributed by atoms with van der Waals surface area (Å²) in [6.07, 6.45) is 1.63. The number of rotatable bonds is 6. The quantitative estimate of drug-likeness (QED) is 0.316. The summed E-state index contributed by atoms with van der Waals surface area (Å²) in [7, 11) is 0. The van der Waals surface area contributed by atoms with Crippen molar-refractivity contribution >= 4 is 11.9 Å². The Morgan fingerprint density at radius 2 is 1.13 bits per heavy atom. The number of phenols is 1. The number of nitrogens with zero attached hydrogens (tertiary/aromatic N) is 1. The van der Waals surface area contributed by atoms with Crippen LogP contribution >= 0.6 is 0 Å². The maximum atomic E-state index is 15.2. The van der Waals surface area contributed by atoms with Gasteiger partial charge in [0.15, 0.2) is 11.6 Å². The molecule has 0 aliphatic heterocycles. The Labute approximate surface area is 236 Å². The number of halogens is 1. The van der Waals surface area contributed by atoms with Crippen molar-refractivity contribution in [3.8, 4) is 16.9 Å². The zero-order valence-electron chi connectivity index (χ0n) is 26.1. The molecule has 3 heteroatoms. The molecule has 0 aliphatic carbocycles. The van der Waals surface area contributed by atoms with Crippen molar-refractivity contribution in [1.29, 1.82) is 0 Å². The molecule has 3 aromatic rings. The first-order chi connectivity index (χ1) is 17.9. The van der Waals surface area contributed by atoms with Crippen molar-refractivity contribution in [2.24, 2.45) is 4.99 Å². The van der Waals surface area contributed by atoms with E-state index in [4.69, 9.17) is 4.99 Å². The smallest absolute Gasteiger partial charge is 0.166 e. The van der Waals surface area contributed by atoms with Crippen LogP contribution in [0.3, 0.4) is 0 Å². The lowest BCUT2D eigenvalue weighted by Crippen LogP contribution is -2.16. The summed E-state index contributed by atoms with van der Waals surface area (Å²) in [5, 5.41) is 10.7. The van der Waals surface area contributed by atoms with E-state index in [1.165, 1.54) is 33.9 Å². The molecule has 1 N–H and O–H groups in total. The maximum Gasteiger partial charge on any atom is 0.166 e. The Morgan fingerprint density at radius 1 is 0.667 bits per heavy atom. The summed E-state index contributed by atoms with van der Waals surface area (Å²) in [5.74, 6) is -0.0473. The molecule has 0 saturated heterocycles. The first-order valence-electron chi connectivity index (χ1n) is 14.3. The largest absolute Gasteiger partial charge is 0.504 e. The Morgan fingerprint density at radius 3 is 1.54 bits per heavy atom. The van der Waals surface area contributed by atoms with E-state index in [1.807, 2.05) is 6.07 Å². The van der Waals surface area contributed by atoms with Crippen LogP contribution in [-0.4, -0.2) is 11.3 Å². The number of hydrogen-bond acceptors (Lipinski definition) is 2. The monoisotopic (exact) mass is 529 g/mol. The lowest BCUT2D eigenvalue weighted by molar-refractivity contribution is 0.432. The Balaban J connectivity index is 2.22. The number of aliphatic imine (C=N–C) groups is 1. The molecule has 39 heavy (non-hydrogen) atoms. The van der Waals surface area contributed by atoms with Crippen LogP contribution in [0.2, 0.25) is 0 Å². The first-order valence-corrected chi connectivity index (χ1v) is 14.3. The third-order valence-corrected chi connectivity index (χ3v) is 7.53. The topological polar surface area (TPSA) is 32.6 Å². The van der Waals surface area contributed by atoms with E-state index in [9.17, 15) is 5.11 Å². The Bertz CT molecular complexity index is 1300. The molecular weight excluding hydrogens is 481 g/mol. The zero-order valence-corrected chi connectivity index (χ0v) is 26.1. The van der Waals surface area contributed by atoms with Crippen LogP contribution in [0.1, 0.15) is 134 Å². The predicted octanol–water partition coefficient (Wildman–Crippen LogP) is 10.9. The van der Waals surface area contributed by atoms with Gasteiger partial charge in [-0.25, -0.2) is 4.39 Å². The van der Waals surface area contributed by atoms with Gasteiger partial charge >= 0.3 is 0 Å². The molecule has 2 nitrogen and oxygen atoms in total. The van der Waals surface area contributed by atoms with Gasteiger partial charge in [-0.2, -0.15) is 0 Å². The molecule has 0 aliphatic rings. The van der Waals surface area contributed by atoms with E-state index >= 15 is 4.39 Å². The fourth-order valence-electron chi connectivity index (χ4n) is 4.75. The van der Waals surface area contributed by atoms with Gasteiger partial charge in [-0.15, -0.1) is 0 Å². The van der Waals surface area contributed by atoms with Crippen molar-refractivity contribution in [3.05, 3.63) is 81.7 Å². The molecule has 210 valence electrons. The average Bonchev–Trinajstić information content (AvgIpc) is 2.82. The summed E-state index contributed by atoms with van der Waals surface area (Å²) >= 11 is 0. The molecular formula is C36H48FNO. The summed E-state index contributed by atoms with van der Waals surface area (Å²) in [4.78, 5) is 4.92. The van der Waals surface area contributed by atoms with Crippen LogP contribution < -0.4 is 0 Å². The Kier molecular flexibility index (Phi) is 8.85. The molecule has 0 radical (unpaired) electrons.